The highest BCUT2D eigenvalue weighted by molar-refractivity contribution is 6.31. The molecule has 2 rings (SSSR count). The first-order chi connectivity index (χ1) is 9.11. The quantitative estimate of drug-likeness (QED) is 0.729. The molecule has 0 aliphatic heterocycles. The number of ketones is 1. The van der Waals surface area contributed by atoms with Gasteiger partial charge in [-0.25, -0.2) is 0 Å². The maximum absolute atomic E-state index is 12.5. The second kappa shape index (κ2) is 6.03. The van der Waals surface area contributed by atoms with Crippen LogP contribution in [0.2, 0.25) is 5.02 Å². The molecule has 2 aromatic rings. The topological polar surface area (TPSA) is 17.1 Å². The molecule has 0 heterocycles. The van der Waals surface area contributed by atoms with Crippen molar-refractivity contribution in [1.29, 1.82) is 0 Å². The summed E-state index contributed by atoms with van der Waals surface area (Å²) in [5, 5.41) is 0.596. The van der Waals surface area contributed by atoms with E-state index in [0.29, 0.717) is 10.6 Å². The Balaban J connectivity index is 2.38. The summed E-state index contributed by atoms with van der Waals surface area (Å²) in [6, 6.07) is 13.3. The molecule has 0 saturated carbocycles. The Hall–Kier alpha value is -1.60. The van der Waals surface area contributed by atoms with E-state index < -0.39 is 0 Å². The van der Waals surface area contributed by atoms with Crippen molar-refractivity contribution in [3.63, 3.8) is 0 Å². The minimum atomic E-state index is 0.0398. The zero-order valence-electron chi connectivity index (χ0n) is 11.2. The average molecular weight is 273 g/mol. The van der Waals surface area contributed by atoms with Crippen LogP contribution in [-0.4, -0.2) is 5.78 Å². The zero-order valence-corrected chi connectivity index (χ0v) is 12.0. The first-order valence-corrected chi connectivity index (χ1v) is 6.89. The number of rotatable bonds is 4. The van der Waals surface area contributed by atoms with Crippen LogP contribution in [0.3, 0.4) is 0 Å². The molecule has 0 amide bonds. The Bertz CT molecular complexity index is 602. The van der Waals surface area contributed by atoms with Crippen molar-refractivity contribution >= 4 is 17.4 Å². The lowest BCUT2D eigenvalue weighted by Gasteiger charge is -2.07. The second-order valence-electron chi connectivity index (χ2n) is 4.74. The van der Waals surface area contributed by atoms with E-state index in [2.05, 4.69) is 13.0 Å². The van der Waals surface area contributed by atoms with Crippen LogP contribution < -0.4 is 0 Å². The standard InChI is InChI=1S/C17H17ClO/c1-3-5-13-6-4-7-14(10-13)17(19)16-11-15(18)9-8-12(16)2/h4,6-11H,3,5H2,1-2H3. The van der Waals surface area contributed by atoms with Crippen LogP contribution in [-0.2, 0) is 6.42 Å². The molecule has 0 fully saturated rings. The molecular formula is C17H17ClO. The van der Waals surface area contributed by atoms with Gasteiger partial charge in [-0.05, 0) is 42.7 Å². The first-order valence-electron chi connectivity index (χ1n) is 6.51. The molecule has 1 nitrogen and oxygen atoms in total. The van der Waals surface area contributed by atoms with Crippen molar-refractivity contribution in [3.8, 4) is 0 Å². The van der Waals surface area contributed by atoms with Gasteiger partial charge in [-0.1, -0.05) is 49.2 Å². The molecule has 0 unspecified atom stereocenters. The molecule has 0 spiro atoms. The lowest BCUT2D eigenvalue weighted by Crippen LogP contribution is -2.04. The van der Waals surface area contributed by atoms with Gasteiger partial charge in [-0.2, -0.15) is 0 Å². The number of benzene rings is 2. The molecular weight excluding hydrogens is 256 g/mol. The molecule has 0 aliphatic carbocycles. The van der Waals surface area contributed by atoms with Gasteiger partial charge in [0.1, 0.15) is 0 Å². The lowest BCUT2D eigenvalue weighted by atomic mass is 9.97. The van der Waals surface area contributed by atoms with E-state index >= 15 is 0 Å². The second-order valence-corrected chi connectivity index (χ2v) is 5.18. The molecule has 98 valence electrons. The fourth-order valence-corrected chi connectivity index (χ4v) is 2.32. The van der Waals surface area contributed by atoms with Crippen LogP contribution in [0, 0.1) is 6.92 Å². The van der Waals surface area contributed by atoms with E-state index in [0.717, 1.165) is 24.0 Å². The van der Waals surface area contributed by atoms with Crippen LogP contribution >= 0.6 is 11.6 Å². The van der Waals surface area contributed by atoms with Gasteiger partial charge >= 0.3 is 0 Å². The zero-order chi connectivity index (χ0) is 13.8. The minimum absolute atomic E-state index is 0.0398. The van der Waals surface area contributed by atoms with E-state index in [1.165, 1.54) is 5.56 Å². The third-order valence-corrected chi connectivity index (χ3v) is 3.41. The molecule has 0 aromatic heterocycles. The predicted molar refractivity (Wildman–Crippen MR) is 80.1 cm³/mol. The predicted octanol–water partition coefficient (Wildman–Crippen LogP) is 4.83. The Morgan fingerprint density at radius 1 is 1.16 bits per heavy atom. The molecule has 2 aromatic carbocycles. The van der Waals surface area contributed by atoms with Crippen molar-refractivity contribution in [2.24, 2.45) is 0 Å². The van der Waals surface area contributed by atoms with Crippen LogP contribution in [0.1, 0.15) is 40.4 Å². The van der Waals surface area contributed by atoms with E-state index in [1.807, 2.05) is 31.2 Å². The largest absolute Gasteiger partial charge is 0.289 e. The molecule has 0 saturated heterocycles. The van der Waals surface area contributed by atoms with Crippen LogP contribution in [0.5, 0.6) is 0 Å². The Morgan fingerprint density at radius 3 is 2.68 bits per heavy atom. The third-order valence-electron chi connectivity index (χ3n) is 3.17. The van der Waals surface area contributed by atoms with Crippen molar-refractivity contribution in [2.75, 3.05) is 0 Å². The van der Waals surface area contributed by atoms with Gasteiger partial charge in [0.05, 0.1) is 0 Å². The van der Waals surface area contributed by atoms with E-state index in [-0.39, 0.29) is 5.78 Å². The van der Waals surface area contributed by atoms with Gasteiger partial charge in [0.2, 0.25) is 0 Å². The molecule has 0 N–H and O–H groups in total. The number of hydrogen-bond acceptors (Lipinski definition) is 1. The normalized spacial score (nSPS) is 10.5. The molecule has 0 bridgehead atoms. The molecule has 2 heteroatoms. The van der Waals surface area contributed by atoms with Crippen molar-refractivity contribution in [2.45, 2.75) is 26.7 Å². The molecule has 0 atom stereocenters. The summed E-state index contributed by atoms with van der Waals surface area (Å²) in [6.45, 7) is 4.06. The number of halogens is 1. The maximum Gasteiger partial charge on any atom is 0.193 e. The molecule has 0 aliphatic rings. The minimum Gasteiger partial charge on any atom is -0.289 e. The fourth-order valence-electron chi connectivity index (χ4n) is 2.15. The van der Waals surface area contributed by atoms with Crippen LogP contribution in [0.15, 0.2) is 42.5 Å². The molecule has 0 radical (unpaired) electrons. The SMILES string of the molecule is CCCc1cccc(C(=O)c2cc(Cl)ccc2C)c1. The Morgan fingerprint density at radius 2 is 1.95 bits per heavy atom. The van der Waals surface area contributed by atoms with Crippen molar-refractivity contribution in [3.05, 3.63) is 69.7 Å². The summed E-state index contributed by atoms with van der Waals surface area (Å²) in [4.78, 5) is 12.5. The van der Waals surface area contributed by atoms with Gasteiger partial charge in [-0.15, -0.1) is 0 Å². The fraction of sp³-hybridized carbons (Fsp3) is 0.235. The highest BCUT2D eigenvalue weighted by atomic mass is 35.5. The van der Waals surface area contributed by atoms with Gasteiger partial charge in [0.15, 0.2) is 5.78 Å². The van der Waals surface area contributed by atoms with E-state index in [4.69, 9.17) is 11.6 Å². The lowest BCUT2D eigenvalue weighted by molar-refractivity contribution is 0.103. The monoisotopic (exact) mass is 272 g/mol. The summed E-state index contributed by atoms with van der Waals surface area (Å²) in [7, 11) is 0. The van der Waals surface area contributed by atoms with Crippen molar-refractivity contribution in [1.82, 2.24) is 0 Å². The van der Waals surface area contributed by atoms with Gasteiger partial charge in [0.25, 0.3) is 0 Å². The average Bonchev–Trinajstić information content (AvgIpc) is 2.41. The first kappa shape index (κ1) is 13.8. The summed E-state index contributed by atoms with van der Waals surface area (Å²) in [5.41, 5.74) is 3.57. The summed E-state index contributed by atoms with van der Waals surface area (Å²) in [6.07, 6.45) is 2.07. The van der Waals surface area contributed by atoms with Crippen LogP contribution in [0.25, 0.3) is 0 Å². The Labute approximate surface area is 119 Å². The highest BCUT2D eigenvalue weighted by Gasteiger charge is 2.12. The van der Waals surface area contributed by atoms with Crippen molar-refractivity contribution < 1.29 is 4.79 Å². The highest BCUT2D eigenvalue weighted by Crippen LogP contribution is 2.19. The van der Waals surface area contributed by atoms with E-state index in [1.54, 1.807) is 12.1 Å². The number of carbonyl (C=O) groups is 1. The van der Waals surface area contributed by atoms with Gasteiger partial charge < -0.3 is 0 Å². The summed E-state index contributed by atoms with van der Waals surface area (Å²) < 4.78 is 0. The smallest absolute Gasteiger partial charge is 0.193 e. The van der Waals surface area contributed by atoms with Gasteiger partial charge in [-0.3, -0.25) is 4.79 Å². The maximum atomic E-state index is 12.5. The van der Waals surface area contributed by atoms with Crippen LogP contribution in [0.4, 0.5) is 0 Å². The number of carbonyl (C=O) groups excluding carboxylic acids is 1. The summed E-state index contributed by atoms with van der Waals surface area (Å²) in [5.74, 6) is 0.0398. The Kier molecular flexibility index (Phi) is 4.39. The van der Waals surface area contributed by atoms with Gasteiger partial charge in [0, 0.05) is 16.1 Å². The molecule has 19 heavy (non-hydrogen) atoms. The number of hydrogen-bond donors (Lipinski definition) is 0. The van der Waals surface area contributed by atoms with E-state index in [9.17, 15) is 4.79 Å². The number of aryl methyl sites for hydroxylation is 2. The summed E-state index contributed by atoms with van der Waals surface area (Å²) >= 11 is 5.98. The third kappa shape index (κ3) is 3.24.